The Hall–Kier alpha value is -1.66. The molecule has 22 heavy (non-hydrogen) atoms. The first-order valence-electron chi connectivity index (χ1n) is 7.72. The molecule has 4 rings (SSSR count). The molecule has 6 heteroatoms. The number of thiophene rings is 1. The third kappa shape index (κ3) is 2.46. The summed E-state index contributed by atoms with van der Waals surface area (Å²) in [6, 6.07) is 4.13. The Morgan fingerprint density at radius 2 is 2.32 bits per heavy atom. The molecule has 2 unspecified atom stereocenters. The predicted octanol–water partition coefficient (Wildman–Crippen LogP) is 2.44. The molecule has 2 aromatic rings. The molecule has 0 bridgehead atoms. The first-order chi connectivity index (χ1) is 10.6. The second-order valence-electron chi connectivity index (χ2n) is 6.39. The summed E-state index contributed by atoms with van der Waals surface area (Å²) in [4.78, 5) is 16.0. The van der Waals surface area contributed by atoms with Crippen LogP contribution in [0, 0.1) is 12.8 Å². The first kappa shape index (κ1) is 14.0. The topological polar surface area (TPSA) is 50.2 Å². The van der Waals surface area contributed by atoms with Crippen LogP contribution in [0.4, 0.5) is 5.82 Å². The fourth-order valence-electron chi connectivity index (χ4n) is 3.22. The number of nitrogens with one attached hydrogen (secondary N) is 1. The van der Waals surface area contributed by atoms with E-state index in [4.69, 9.17) is 0 Å². The van der Waals surface area contributed by atoms with Gasteiger partial charge < -0.3 is 5.32 Å². The van der Waals surface area contributed by atoms with E-state index in [1.807, 2.05) is 10.7 Å². The van der Waals surface area contributed by atoms with Crippen molar-refractivity contribution in [2.24, 2.45) is 5.92 Å². The molecule has 5 nitrogen and oxygen atoms in total. The minimum absolute atomic E-state index is 0.110. The van der Waals surface area contributed by atoms with Crippen molar-refractivity contribution >= 4 is 23.1 Å². The Morgan fingerprint density at radius 1 is 1.45 bits per heavy atom. The smallest absolute Gasteiger partial charge is 0.229 e. The van der Waals surface area contributed by atoms with Crippen molar-refractivity contribution in [1.29, 1.82) is 0 Å². The molecule has 2 aromatic heterocycles. The Bertz CT molecular complexity index is 720. The number of hydrogen-bond acceptors (Lipinski definition) is 4. The lowest BCUT2D eigenvalue weighted by Crippen LogP contribution is -2.30. The van der Waals surface area contributed by atoms with E-state index in [-0.39, 0.29) is 11.8 Å². The van der Waals surface area contributed by atoms with Gasteiger partial charge in [-0.2, -0.15) is 5.10 Å². The average molecular weight is 316 g/mol. The van der Waals surface area contributed by atoms with Gasteiger partial charge in [0, 0.05) is 35.9 Å². The molecule has 0 aromatic carbocycles. The number of fused-ring (bicyclic) bond motifs is 1. The molecule has 0 spiro atoms. The Balaban J connectivity index is 1.42. The van der Waals surface area contributed by atoms with Crippen molar-refractivity contribution in [2.75, 3.05) is 18.9 Å². The highest BCUT2D eigenvalue weighted by Gasteiger charge is 2.45. The average Bonchev–Trinajstić information content (AvgIpc) is 3.00. The maximum absolute atomic E-state index is 12.4. The highest BCUT2D eigenvalue weighted by molar-refractivity contribution is 7.10. The summed E-state index contributed by atoms with van der Waals surface area (Å²) in [6.07, 6.45) is 0.962. The Morgan fingerprint density at radius 3 is 3.09 bits per heavy atom. The molecule has 116 valence electrons. The summed E-state index contributed by atoms with van der Waals surface area (Å²) >= 11 is 1.76. The lowest BCUT2D eigenvalue weighted by atomic mass is 10.2. The number of nitrogens with zero attached hydrogens (tertiary/aromatic N) is 3. The number of anilines is 1. The van der Waals surface area contributed by atoms with Crippen LogP contribution in [0.3, 0.4) is 0 Å². The summed E-state index contributed by atoms with van der Waals surface area (Å²) in [5.41, 5.74) is 2.48. The number of hydrogen-bond donors (Lipinski definition) is 1. The van der Waals surface area contributed by atoms with Crippen LogP contribution in [0.2, 0.25) is 0 Å². The molecular formula is C16H20N4OS. The zero-order chi connectivity index (χ0) is 15.3. The fourth-order valence-corrected chi connectivity index (χ4v) is 4.32. The molecular weight excluding hydrogens is 296 g/mol. The molecule has 1 N–H and O–H groups in total. The van der Waals surface area contributed by atoms with E-state index < -0.39 is 0 Å². The van der Waals surface area contributed by atoms with Gasteiger partial charge in [-0.25, -0.2) is 0 Å². The van der Waals surface area contributed by atoms with Gasteiger partial charge in [-0.05, 0) is 37.4 Å². The van der Waals surface area contributed by atoms with Crippen molar-refractivity contribution in [3.63, 3.8) is 0 Å². The highest BCUT2D eigenvalue weighted by atomic mass is 32.1. The molecule has 2 aliphatic rings. The number of carbonyl (C=O) groups excluding carboxylic acids is 1. The van der Waals surface area contributed by atoms with Crippen LogP contribution in [0.1, 0.15) is 28.5 Å². The molecule has 2 atom stereocenters. The van der Waals surface area contributed by atoms with Gasteiger partial charge in [0.25, 0.3) is 0 Å². The summed E-state index contributed by atoms with van der Waals surface area (Å²) in [5.74, 6) is 1.33. The van der Waals surface area contributed by atoms with Gasteiger partial charge in [0.15, 0.2) is 5.82 Å². The van der Waals surface area contributed by atoms with Gasteiger partial charge in [-0.3, -0.25) is 14.4 Å². The maximum Gasteiger partial charge on any atom is 0.229 e. The first-order valence-corrected chi connectivity index (χ1v) is 8.60. The summed E-state index contributed by atoms with van der Waals surface area (Å²) in [5, 5.41) is 9.61. The van der Waals surface area contributed by atoms with Gasteiger partial charge >= 0.3 is 0 Å². The summed E-state index contributed by atoms with van der Waals surface area (Å²) in [6.45, 7) is 4.91. The van der Waals surface area contributed by atoms with Crippen molar-refractivity contribution in [3.8, 4) is 0 Å². The molecule has 1 aliphatic heterocycles. The zero-order valence-corrected chi connectivity index (χ0v) is 13.7. The van der Waals surface area contributed by atoms with Crippen LogP contribution in [-0.2, 0) is 17.9 Å². The van der Waals surface area contributed by atoms with Crippen molar-refractivity contribution in [3.05, 3.63) is 33.6 Å². The lowest BCUT2D eigenvalue weighted by Gasteiger charge is -2.22. The molecule has 0 radical (unpaired) electrons. The second kappa shape index (κ2) is 5.21. The van der Waals surface area contributed by atoms with Crippen molar-refractivity contribution < 1.29 is 4.79 Å². The lowest BCUT2D eigenvalue weighted by molar-refractivity contribution is -0.117. The molecule has 1 fully saturated rings. The van der Waals surface area contributed by atoms with Gasteiger partial charge in [0.05, 0.1) is 12.2 Å². The normalized spacial score (nSPS) is 24.1. The van der Waals surface area contributed by atoms with Crippen LogP contribution in [-0.4, -0.2) is 34.2 Å². The molecule has 1 aliphatic carbocycles. The molecule has 1 saturated carbocycles. The maximum atomic E-state index is 12.4. The summed E-state index contributed by atoms with van der Waals surface area (Å²) < 4.78 is 2.00. The van der Waals surface area contributed by atoms with Crippen molar-refractivity contribution in [2.45, 2.75) is 32.4 Å². The monoisotopic (exact) mass is 316 g/mol. The Kier molecular flexibility index (Phi) is 3.31. The second-order valence-corrected chi connectivity index (χ2v) is 7.34. The third-order valence-corrected chi connectivity index (χ3v) is 5.76. The number of aromatic nitrogens is 2. The standard InChI is InChI=1S/C16H20N4OS/c1-10-3-6-22-15(10)12-8-13(12)16(21)17-14-7-11-9-19(2)4-5-20(11)18-14/h3,6-7,12-13H,4-5,8-9H2,1-2H3,(H,17,18,21). The van der Waals surface area contributed by atoms with E-state index in [9.17, 15) is 4.79 Å². The van der Waals surface area contributed by atoms with Crippen LogP contribution in [0.15, 0.2) is 17.5 Å². The minimum Gasteiger partial charge on any atom is -0.309 e. The van der Waals surface area contributed by atoms with Crippen LogP contribution >= 0.6 is 11.3 Å². The fraction of sp³-hybridized carbons (Fsp3) is 0.500. The van der Waals surface area contributed by atoms with Crippen LogP contribution in [0.5, 0.6) is 0 Å². The SMILES string of the molecule is Cc1ccsc1C1CC1C(=O)Nc1cc2n(n1)CCN(C)C2. The number of carbonyl (C=O) groups is 1. The van der Waals surface area contributed by atoms with Gasteiger partial charge in [-0.1, -0.05) is 0 Å². The van der Waals surface area contributed by atoms with Gasteiger partial charge in [0.2, 0.25) is 5.91 Å². The van der Waals surface area contributed by atoms with E-state index in [2.05, 4.69) is 40.7 Å². The third-order valence-electron chi connectivity index (χ3n) is 4.61. The number of aryl methyl sites for hydroxylation is 1. The Labute approximate surface area is 133 Å². The minimum atomic E-state index is 0.110. The molecule has 0 saturated heterocycles. The zero-order valence-electron chi connectivity index (χ0n) is 12.9. The van der Waals surface area contributed by atoms with Crippen molar-refractivity contribution in [1.82, 2.24) is 14.7 Å². The number of rotatable bonds is 3. The number of amides is 1. The van der Waals surface area contributed by atoms with Gasteiger partial charge in [0.1, 0.15) is 0 Å². The van der Waals surface area contributed by atoms with Gasteiger partial charge in [-0.15, -0.1) is 11.3 Å². The molecule has 1 amide bonds. The predicted molar refractivity (Wildman–Crippen MR) is 87.1 cm³/mol. The van der Waals surface area contributed by atoms with E-state index in [1.165, 1.54) is 16.1 Å². The van der Waals surface area contributed by atoms with Crippen LogP contribution < -0.4 is 5.32 Å². The van der Waals surface area contributed by atoms with E-state index in [1.54, 1.807) is 11.3 Å². The molecule has 3 heterocycles. The summed E-state index contributed by atoms with van der Waals surface area (Å²) in [7, 11) is 2.10. The quantitative estimate of drug-likeness (QED) is 0.946. The number of likely N-dealkylation sites (N-methyl/N-ethyl adjacent to an activating group) is 1. The van der Waals surface area contributed by atoms with Crippen LogP contribution in [0.25, 0.3) is 0 Å². The van der Waals surface area contributed by atoms with E-state index >= 15 is 0 Å². The highest BCUT2D eigenvalue weighted by Crippen LogP contribution is 2.50. The van der Waals surface area contributed by atoms with E-state index in [0.29, 0.717) is 11.7 Å². The largest absolute Gasteiger partial charge is 0.309 e. The van der Waals surface area contributed by atoms with E-state index in [0.717, 1.165) is 26.1 Å².